The first kappa shape index (κ1) is 14.6. The van der Waals surface area contributed by atoms with E-state index in [0.29, 0.717) is 12.0 Å². The van der Waals surface area contributed by atoms with Crippen LogP contribution in [0.3, 0.4) is 0 Å². The van der Waals surface area contributed by atoms with Gasteiger partial charge in [-0.2, -0.15) is 0 Å². The van der Waals surface area contributed by atoms with E-state index in [1.165, 1.54) is 12.1 Å². The Morgan fingerprint density at radius 1 is 1.44 bits per heavy atom. The second kappa shape index (κ2) is 5.45. The van der Waals surface area contributed by atoms with Crippen molar-refractivity contribution in [3.8, 4) is 0 Å². The lowest BCUT2D eigenvalue weighted by Crippen LogP contribution is -2.32. The van der Waals surface area contributed by atoms with E-state index in [1.54, 1.807) is 13.8 Å². The summed E-state index contributed by atoms with van der Waals surface area (Å²) in [7, 11) is -3.71. The number of rotatable bonds is 5. The zero-order valence-electron chi connectivity index (χ0n) is 10.5. The maximum atomic E-state index is 12.1. The van der Waals surface area contributed by atoms with Crippen molar-refractivity contribution >= 4 is 15.7 Å². The van der Waals surface area contributed by atoms with Crippen molar-refractivity contribution in [3.05, 3.63) is 33.9 Å². The van der Waals surface area contributed by atoms with Crippen molar-refractivity contribution in [2.24, 2.45) is 0 Å². The van der Waals surface area contributed by atoms with Crippen molar-refractivity contribution in [3.63, 3.8) is 0 Å². The van der Waals surface area contributed by atoms with Gasteiger partial charge >= 0.3 is 0 Å². The molecule has 0 fully saturated rings. The molecule has 18 heavy (non-hydrogen) atoms. The molecule has 0 heterocycles. The molecule has 0 saturated heterocycles. The van der Waals surface area contributed by atoms with Gasteiger partial charge in [0.25, 0.3) is 5.69 Å². The summed E-state index contributed by atoms with van der Waals surface area (Å²) in [5.74, 6) is 0. The number of aryl methyl sites for hydroxylation is 1. The van der Waals surface area contributed by atoms with Gasteiger partial charge in [0.05, 0.1) is 9.82 Å². The molecule has 0 unspecified atom stereocenters. The largest absolute Gasteiger partial charge is 0.270 e. The van der Waals surface area contributed by atoms with Crippen molar-refractivity contribution < 1.29 is 13.3 Å². The minimum absolute atomic E-state index is 0.0444. The Labute approximate surface area is 106 Å². The van der Waals surface area contributed by atoms with Gasteiger partial charge in [0.15, 0.2) is 0 Å². The maximum Gasteiger partial charge on any atom is 0.270 e. The van der Waals surface area contributed by atoms with Crippen LogP contribution in [0.2, 0.25) is 0 Å². The molecular weight excluding hydrogens is 256 g/mol. The molecule has 0 saturated carbocycles. The number of benzene rings is 1. The Kier molecular flexibility index (Phi) is 4.42. The smallest absolute Gasteiger partial charge is 0.258 e. The van der Waals surface area contributed by atoms with Gasteiger partial charge in [0.2, 0.25) is 10.0 Å². The first-order chi connectivity index (χ1) is 8.27. The van der Waals surface area contributed by atoms with Gasteiger partial charge in [0.1, 0.15) is 0 Å². The molecular formula is C11H16N2O4S. The molecule has 1 aromatic rings. The third-order valence-electron chi connectivity index (χ3n) is 2.64. The molecule has 0 aliphatic heterocycles. The van der Waals surface area contributed by atoms with E-state index in [2.05, 4.69) is 4.72 Å². The molecule has 7 heteroatoms. The standard InChI is InChI=1S/C11H16N2O4S/c1-4-9(3)12-18(16,17)11-7-10(13(14)15)6-5-8(11)2/h5-7,9,12H,4H2,1-3H3/t9-/m1/s1. The number of nitrogens with zero attached hydrogens (tertiary/aromatic N) is 1. The van der Waals surface area contributed by atoms with Crippen molar-refractivity contribution in [1.82, 2.24) is 4.72 Å². The highest BCUT2D eigenvalue weighted by atomic mass is 32.2. The summed E-state index contributed by atoms with van der Waals surface area (Å²) in [5.41, 5.74) is 0.251. The van der Waals surface area contributed by atoms with Crippen molar-refractivity contribution in [2.75, 3.05) is 0 Å². The number of nitro groups is 1. The number of sulfonamides is 1. The Morgan fingerprint density at radius 2 is 2.06 bits per heavy atom. The van der Waals surface area contributed by atoms with Crippen LogP contribution in [0.15, 0.2) is 23.1 Å². The zero-order chi connectivity index (χ0) is 13.9. The summed E-state index contributed by atoms with van der Waals surface area (Å²) >= 11 is 0. The summed E-state index contributed by atoms with van der Waals surface area (Å²) < 4.78 is 26.6. The Morgan fingerprint density at radius 3 is 2.56 bits per heavy atom. The minimum Gasteiger partial charge on any atom is -0.258 e. The lowest BCUT2D eigenvalue weighted by atomic mass is 10.2. The minimum atomic E-state index is -3.71. The average molecular weight is 272 g/mol. The lowest BCUT2D eigenvalue weighted by molar-refractivity contribution is -0.385. The fraction of sp³-hybridized carbons (Fsp3) is 0.455. The zero-order valence-corrected chi connectivity index (χ0v) is 11.3. The van der Waals surface area contributed by atoms with E-state index >= 15 is 0 Å². The molecule has 0 aliphatic carbocycles. The molecule has 1 atom stereocenters. The van der Waals surface area contributed by atoms with Crippen LogP contribution in [0.4, 0.5) is 5.69 Å². The number of hydrogen-bond acceptors (Lipinski definition) is 4. The topological polar surface area (TPSA) is 89.3 Å². The van der Waals surface area contributed by atoms with Crippen molar-refractivity contribution in [1.29, 1.82) is 0 Å². The molecule has 1 aromatic carbocycles. The van der Waals surface area contributed by atoms with Gasteiger partial charge < -0.3 is 0 Å². The quantitative estimate of drug-likeness (QED) is 0.655. The second-order valence-electron chi connectivity index (χ2n) is 4.14. The maximum absolute atomic E-state index is 12.1. The van der Waals surface area contributed by atoms with Gasteiger partial charge in [-0.1, -0.05) is 13.0 Å². The Bertz CT molecular complexity index is 554. The highest BCUT2D eigenvalue weighted by molar-refractivity contribution is 7.89. The molecule has 0 aliphatic rings. The van der Waals surface area contributed by atoms with E-state index in [9.17, 15) is 18.5 Å². The van der Waals surface area contributed by atoms with E-state index in [4.69, 9.17) is 0 Å². The molecule has 0 aromatic heterocycles. The highest BCUT2D eigenvalue weighted by Gasteiger charge is 2.21. The summed E-state index contributed by atoms with van der Waals surface area (Å²) in [6, 6.07) is 3.59. The van der Waals surface area contributed by atoms with Crippen LogP contribution in [-0.4, -0.2) is 19.4 Å². The van der Waals surface area contributed by atoms with Crippen LogP contribution in [0, 0.1) is 17.0 Å². The fourth-order valence-corrected chi connectivity index (χ4v) is 2.99. The second-order valence-corrected chi connectivity index (χ2v) is 5.82. The molecule has 1 rings (SSSR count). The SMILES string of the molecule is CC[C@@H](C)NS(=O)(=O)c1cc([N+](=O)[O-])ccc1C. The van der Waals surface area contributed by atoms with E-state index < -0.39 is 14.9 Å². The number of hydrogen-bond donors (Lipinski definition) is 1. The van der Waals surface area contributed by atoms with E-state index in [0.717, 1.165) is 6.07 Å². The first-order valence-corrected chi connectivity index (χ1v) is 7.03. The first-order valence-electron chi connectivity index (χ1n) is 5.55. The molecule has 0 amide bonds. The van der Waals surface area contributed by atoms with Crippen LogP contribution < -0.4 is 4.72 Å². The number of nitrogens with one attached hydrogen (secondary N) is 1. The molecule has 0 bridgehead atoms. The monoisotopic (exact) mass is 272 g/mol. The summed E-state index contributed by atoms with van der Waals surface area (Å²) in [6.07, 6.45) is 0.646. The average Bonchev–Trinajstić information content (AvgIpc) is 2.28. The van der Waals surface area contributed by atoms with Crippen LogP contribution >= 0.6 is 0 Å². The van der Waals surface area contributed by atoms with E-state index in [-0.39, 0.29) is 16.6 Å². The predicted octanol–water partition coefficient (Wildman–Crippen LogP) is 1.98. The van der Waals surface area contributed by atoms with E-state index in [1.807, 2.05) is 6.92 Å². The highest BCUT2D eigenvalue weighted by Crippen LogP contribution is 2.21. The summed E-state index contributed by atoms with van der Waals surface area (Å²) in [6.45, 7) is 5.20. The molecule has 1 N–H and O–H groups in total. The van der Waals surface area contributed by atoms with Gasteiger partial charge in [-0.05, 0) is 25.8 Å². The number of non-ortho nitro benzene ring substituents is 1. The van der Waals surface area contributed by atoms with Crippen molar-refractivity contribution in [2.45, 2.75) is 38.1 Å². The van der Waals surface area contributed by atoms with Crippen LogP contribution in [-0.2, 0) is 10.0 Å². The van der Waals surface area contributed by atoms with Gasteiger partial charge in [-0.3, -0.25) is 10.1 Å². The van der Waals surface area contributed by atoms with Crippen LogP contribution in [0.25, 0.3) is 0 Å². The van der Waals surface area contributed by atoms with Gasteiger partial charge in [-0.25, -0.2) is 13.1 Å². The Balaban J connectivity index is 3.23. The van der Waals surface area contributed by atoms with Gasteiger partial charge in [0, 0.05) is 18.2 Å². The lowest BCUT2D eigenvalue weighted by Gasteiger charge is -2.13. The molecule has 0 spiro atoms. The molecule has 0 radical (unpaired) electrons. The summed E-state index contributed by atoms with van der Waals surface area (Å²) in [5, 5.41) is 10.7. The predicted molar refractivity (Wildman–Crippen MR) is 67.9 cm³/mol. The molecule has 100 valence electrons. The fourth-order valence-electron chi connectivity index (χ4n) is 1.40. The third-order valence-corrected chi connectivity index (χ3v) is 4.37. The van der Waals surface area contributed by atoms with Crippen LogP contribution in [0.5, 0.6) is 0 Å². The number of nitro benzene ring substituents is 1. The van der Waals surface area contributed by atoms with Crippen LogP contribution in [0.1, 0.15) is 25.8 Å². The normalized spacial score (nSPS) is 13.3. The third kappa shape index (κ3) is 3.27. The summed E-state index contributed by atoms with van der Waals surface area (Å²) in [4.78, 5) is 10.0. The Hall–Kier alpha value is -1.47. The molecule has 6 nitrogen and oxygen atoms in total. The van der Waals surface area contributed by atoms with Gasteiger partial charge in [-0.15, -0.1) is 0 Å².